The SMILES string of the molecule is CCOc1cc(-c2nc(C(=O)NCCc3ccc(F)cc3F)c(C(C)(OC(N)=O)C(C)(C)C)o2)ccc1OC(F)F. The molecule has 1 aromatic heterocycles. The summed E-state index contributed by atoms with van der Waals surface area (Å²) in [5.41, 5.74) is 3.02. The van der Waals surface area contributed by atoms with E-state index in [1.807, 2.05) is 0 Å². The monoisotopic (exact) mass is 581 g/mol. The zero-order valence-corrected chi connectivity index (χ0v) is 23.1. The Morgan fingerprint density at radius 1 is 1.07 bits per heavy atom. The molecule has 0 aliphatic rings. The number of ether oxygens (including phenoxy) is 3. The first-order chi connectivity index (χ1) is 19.2. The summed E-state index contributed by atoms with van der Waals surface area (Å²) in [6.07, 6.45) is -1.10. The molecule has 0 spiro atoms. The van der Waals surface area contributed by atoms with Crippen LogP contribution in [-0.4, -0.2) is 36.7 Å². The van der Waals surface area contributed by atoms with Gasteiger partial charge in [-0.2, -0.15) is 8.78 Å². The Hall–Kier alpha value is -4.29. The van der Waals surface area contributed by atoms with Crippen molar-refractivity contribution in [3.8, 4) is 23.0 Å². The van der Waals surface area contributed by atoms with Crippen LogP contribution in [0.15, 0.2) is 40.8 Å². The normalized spacial score (nSPS) is 13.0. The van der Waals surface area contributed by atoms with Crippen molar-refractivity contribution in [2.75, 3.05) is 13.2 Å². The first-order valence-corrected chi connectivity index (χ1v) is 12.6. The van der Waals surface area contributed by atoms with E-state index in [2.05, 4.69) is 15.0 Å². The fraction of sp³-hybridized carbons (Fsp3) is 0.393. The van der Waals surface area contributed by atoms with Crippen LogP contribution in [-0.2, 0) is 16.8 Å². The Kier molecular flexibility index (Phi) is 9.51. The Morgan fingerprint density at radius 2 is 1.78 bits per heavy atom. The average molecular weight is 582 g/mol. The molecule has 0 bridgehead atoms. The fourth-order valence-corrected chi connectivity index (χ4v) is 3.88. The van der Waals surface area contributed by atoms with E-state index in [9.17, 15) is 27.2 Å². The highest BCUT2D eigenvalue weighted by atomic mass is 19.3. The van der Waals surface area contributed by atoms with Gasteiger partial charge >= 0.3 is 12.7 Å². The number of oxazole rings is 1. The number of alkyl halides is 2. The number of hydrogen-bond donors (Lipinski definition) is 2. The molecule has 3 aromatic rings. The van der Waals surface area contributed by atoms with E-state index < -0.39 is 41.3 Å². The molecule has 0 radical (unpaired) electrons. The minimum absolute atomic E-state index is 0.0238. The Balaban J connectivity index is 2.05. The van der Waals surface area contributed by atoms with E-state index >= 15 is 0 Å². The molecule has 1 atom stereocenters. The standard InChI is InChI=1S/C28H31F4N3O6/c1-6-38-20-13-16(8-10-19(20)39-25(31)32)24-35-21(22(40-24)28(5,27(2,3)4)41-26(33)37)23(36)34-12-11-15-7-9-17(29)14-18(15)30/h7-10,13-14,25H,6,11-12H2,1-5H3,(H2,33,37)(H,34,36). The van der Waals surface area contributed by atoms with Gasteiger partial charge in [0, 0.05) is 23.6 Å². The Bertz CT molecular complexity index is 1410. The van der Waals surface area contributed by atoms with Crippen LogP contribution in [0, 0.1) is 17.0 Å². The highest BCUT2D eigenvalue weighted by Gasteiger charge is 2.49. The van der Waals surface area contributed by atoms with Gasteiger partial charge in [0.2, 0.25) is 5.89 Å². The van der Waals surface area contributed by atoms with Crippen LogP contribution < -0.4 is 20.5 Å². The van der Waals surface area contributed by atoms with Crippen molar-refractivity contribution in [1.29, 1.82) is 0 Å². The number of amides is 2. The van der Waals surface area contributed by atoms with Gasteiger partial charge in [0.15, 0.2) is 28.6 Å². The number of halogens is 4. The van der Waals surface area contributed by atoms with Crippen LogP contribution in [0.2, 0.25) is 0 Å². The highest BCUT2D eigenvalue weighted by Crippen LogP contribution is 2.45. The number of nitrogens with two attached hydrogens (primary N) is 1. The molecule has 0 aliphatic carbocycles. The predicted molar refractivity (Wildman–Crippen MR) is 140 cm³/mol. The molecule has 0 saturated carbocycles. The van der Waals surface area contributed by atoms with E-state index in [1.165, 1.54) is 31.2 Å². The molecule has 1 unspecified atom stereocenters. The van der Waals surface area contributed by atoms with Crippen LogP contribution >= 0.6 is 0 Å². The van der Waals surface area contributed by atoms with Crippen molar-refractivity contribution in [3.05, 3.63) is 65.1 Å². The maximum absolute atomic E-state index is 14.0. The van der Waals surface area contributed by atoms with Gasteiger partial charge in [-0.25, -0.2) is 18.6 Å². The number of aromatic nitrogens is 1. The van der Waals surface area contributed by atoms with Gasteiger partial charge < -0.3 is 29.7 Å². The first-order valence-electron chi connectivity index (χ1n) is 12.6. The quantitative estimate of drug-likeness (QED) is 0.268. The molecule has 41 heavy (non-hydrogen) atoms. The van der Waals surface area contributed by atoms with Crippen LogP contribution in [0.25, 0.3) is 11.5 Å². The number of nitrogens with zero attached hydrogens (tertiary/aromatic N) is 1. The van der Waals surface area contributed by atoms with E-state index in [0.29, 0.717) is 0 Å². The van der Waals surface area contributed by atoms with Crippen molar-refractivity contribution in [2.24, 2.45) is 11.1 Å². The second-order valence-electron chi connectivity index (χ2n) is 10.1. The third-order valence-corrected chi connectivity index (χ3v) is 6.41. The number of carbonyl (C=O) groups excluding carboxylic acids is 2. The van der Waals surface area contributed by atoms with Gasteiger partial charge in [0.05, 0.1) is 6.61 Å². The minimum Gasteiger partial charge on any atom is -0.490 e. The maximum atomic E-state index is 14.0. The van der Waals surface area contributed by atoms with Gasteiger partial charge in [0.1, 0.15) is 11.6 Å². The summed E-state index contributed by atoms with van der Waals surface area (Å²) in [6, 6.07) is 7.06. The van der Waals surface area contributed by atoms with E-state index in [1.54, 1.807) is 27.7 Å². The van der Waals surface area contributed by atoms with Gasteiger partial charge in [-0.3, -0.25) is 4.79 Å². The lowest BCUT2D eigenvalue weighted by Gasteiger charge is -2.38. The summed E-state index contributed by atoms with van der Waals surface area (Å²) in [7, 11) is 0. The molecule has 13 heteroatoms. The molecule has 0 saturated heterocycles. The maximum Gasteiger partial charge on any atom is 0.405 e. The van der Waals surface area contributed by atoms with Crippen molar-refractivity contribution >= 4 is 12.0 Å². The molecule has 1 heterocycles. The number of nitrogens with one attached hydrogen (secondary N) is 1. The molecular weight excluding hydrogens is 550 g/mol. The zero-order valence-electron chi connectivity index (χ0n) is 23.1. The summed E-state index contributed by atoms with van der Waals surface area (Å²) in [6.45, 7) is 5.31. The summed E-state index contributed by atoms with van der Waals surface area (Å²) >= 11 is 0. The summed E-state index contributed by atoms with van der Waals surface area (Å²) in [5.74, 6) is -2.75. The first kappa shape index (κ1) is 31.2. The van der Waals surface area contributed by atoms with Gasteiger partial charge in [0.25, 0.3) is 5.91 Å². The lowest BCUT2D eigenvalue weighted by molar-refractivity contribution is -0.0707. The smallest absolute Gasteiger partial charge is 0.405 e. The molecular formula is C28H31F4N3O6. The molecule has 0 aliphatic heterocycles. The van der Waals surface area contributed by atoms with Gasteiger partial charge in [-0.15, -0.1) is 0 Å². The molecule has 3 rings (SSSR count). The van der Waals surface area contributed by atoms with Crippen molar-refractivity contribution < 1.29 is 45.8 Å². The molecule has 0 fully saturated rings. The van der Waals surface area contributed by atoms with E-state index in [4.69, 9.17) is 19.6 Å². The Labute approximate surface area is 234 Å². The average Bonchev–Trinajstić information content (AvgIpc) is 3.31. The second kappa shape index (κ2) is 12.5. The van der Waals surface area contributed by atoms with Crippen molar-refractivity contribution in [3.63, 3.8) is 0 Å². The topological polar surface area (TPSA) is 126 Å². The lowest BCUT2D eigenvalue weighted by Crippen LogP contribution is -2.44. The highest BCUT2D eigenvalue weighted by molar-refractivity contribution is 5.94. The number of benzene rings is 2. The Morgan fingerprint density at radius 3 is 2.37 bits per heavy atom. The molecule has 3 N–H and O–H groups in total. The lowest BCUT2D eigenvalue weighted by atomic mass is 9.75. The van der Waals surface area contributed by atoms with Gasteiger partial charge in [-0.1, -0.05) is 26.8 Å². The van der Waals surface area contributed by atoms with Crippen molar-refractivity contribution in [1.82, 2.24) is 10.3 Å². The second-order valence-corrected chi connectivity index (χ2v) is 10.1. The molecule has 9 nitrogen and oxygen atoms in total. The van der Waals surface area contributed by atoms with Crippen LogP contribution in [0.3, 0.4) is 0 Å². The third kappa shape index (κ3) is 7.27. The number of primary amides is 1. The van der Waals surface area contributed by atoms with E-state index in [0.717, 1.165) is 12.1 Å². The number of rotatable bonds is 11. The number of hydrogen-bond acceptors (Lipinski definition) is 7. The summed E-state index contributed by atoms with van der Waals surface area (Å²) in [4.78, 5) is 29.6. The van der Waals surface area contributed by atoms with Gasteiger partial charge in [-0.05, 0) is 50.1 Å². The van der Waals surface area contributed by atoms with Crippen LogP contribution in [0.4, 0.5) is 22.4 Å². The summed E-state index contributed by atoms with van der Waals surface area (Å²) in [5, 5.41) is 2.61. The predicted octanol–water partition coefficient (Wildman–Crippen LogP) is 5.95. The zero-order chi connectivity index (χ0) is 30.5. The molecule has 2 amide bonds. The fourth-order valence-electron chi connectivity index (χ4n) is 3.88. The van der Waals surface area contributed by atoms with Crippen molar-refractivity contribution in [2.45, 2.75) is 53.3 Å². The summed E-state index contributed by atoms with van der Waals surface area (Å²) < 4.78 is 74.4. The third-order valence-electron chi connectivity index (χ3n) is 6.41. The van der Waals surface area contributed by atoms with Crippen LogP contribution in [0.1, 0.15) is 56.4 Å². The van der Waals surface area contributed by atoms with Crippen LogP contribution in [0.5, 0.6) is 11.5 Å². The largest absolute Gasteiger partial charge is 0.490 e. The molecule has 2 aromatic carbocycles. The number of carbonyl (C=O) groups is 2. The van der Waals surface area contributed by atoms with E-state index in [-0.39, 0.29) is 59.5 Å². The molecule has 222 valence electrons. The minimum atomic E-state index is -3.09.